The number of nitrogens with two attached hydrogens (primary N) is 1. The summed E-state index contributed by atoms with van der Waals surface area (Å²) in [5.74, 6) is 0. The predicted octanol–water partition coefficient (Wildman–Crippen LogP) is 1.32. The lowest BCUT2D eigenvalue weighted by molar-refractivity contribution is 0.101. The van der Waals surface area contributed by atoms with E-state index in [2.05, 4.69) is 54.1 Å². The van der Waals surface area contributed by atoms with E-state index < -0.39 is 0 Å². The van der Waals surface area contributed by atoms with E-state index in [0.29, 0.717) is 6.04 Å². The molecular weight excluding hydrogens is 210 g/mol. The number of hydrogen-bond acceptors (Lipinski definition) is 3. The number of nitrogens with zero attached hydrogens (tertiary/aromatic N) is 2. The molecule has 0 aliphatic carbocycles. The van der Waals surface area contributed by atoms with Gasteiger partial charge in [0.25, 0.3) is 0 Å². The van der Waals surface area contributed by atoms with E-state index in [1.807, 2.05) is 0 Å². The van der Waals surface area contributed by atoms with Crippen LogP contribution in [0.1, 0.15) is 18.5 Å². The molecule has 3 heteroatoms. The van der Waals surface area contributed by atoms with Crippen molar-refractivity contribution >= 4 is 0 Å². The molecule has 17 heavy (non-hydrogen) atoms. The lowest BCUT2D eigenvalue weighted by Crippen LogP contribution is -2.49. The molecule has 0 aromatic heterocycles. The fourth-order valence-corrected chi connectivity index (χ4v) is 2.60. The Kier molecular flexibility index (Phi) is 4.15. The van der Waals surface area contributed by atoms with Crippen LogP contribution in [0.3, 0.4) is 0 Å². The summed E-state index contributed by atoms with van der Waals surface area (Å²) in [6.45, 7) is 6.59. The molecule has 0 amide bonds. The van der Waals surface area contributed by atoms with Crippen LogP contribution in [0, 0.1) is 0 Å². The van der Waals surface area contributed by atoms with Gasteiger partial charge >= 0.3 is 0 Å². The molecule has 0 radical (unpaired) electrons. The number of benzene rings is 1. The van der Waals surface area contributed by atoms with Crippen molar-refractivity contribution in [3.63, 3.8) is 0 Å². The van der Waals surface area contributed by atoms with Gasteiger partial charge in [-0.15, -0.1) is 0 Å². The zero-order valence-corrected chi connectivity index (χ0v) is 10.8. The first kappa shape index (κ1) is 12.6. The van der Waals surface area contributed by atoms with Crippen LogP contribution in [0.15, 0.2) is 30.3 Å². The highest BCUT2D eigenvalue weighted by Crippen LogP contribution is 2.24. The number of rotatable bonds is 3. The molecule has 0 saturated carbocycles. The lowest BCUT2D eigenvalue weighted by atomic mass is 9.98. The summed E-state index contributed by atoms with van der Waals surface area (Å²) < 4.78 is 0. The molecule has 1 aromatic rings. The fraction of sp³-hybridized carbons (Fsp3) is 0.571. The first-order valence-electron chi connectivity index (χ1n) is 6.41. The summed E-state index contributed by atoms with van der Waals surface area (Å²) >= 11 is 0. The maximum absolute atomic E-state index is 6.18. The van der Waals surface area contributed by atoms with Gasteiger partial charge in [-0.1, -0.05) is 30.3 Å². The Balaban J connectivity index is 2.13. The van der Waals surface area contributed by atoms with E-state index in [1.165, 1.54) is 5.56 Å². The summed E-state index contributed by atoms with van der Waals surface area (Å²) in [7, 11) is 2.18. The minimum atomic E-state index is 0.167. The third-order valence-electron chi connectivity index (χ3n) is 3.57. The van der Waals surface area contributed by atoms with Crippen molar-refractivity contribution in [1.82, 2.24) is 9.80 Å². The molecule has 0 bridgehead atoms. The molecule has 1 aromatic carbocycles. The summed E-state index contributed by atoms with van der Waals surface area (Å²) in [5, 5.41) is 0. The van der Waals surface area contributed by atoms with Gasteiger partial charge in [0.1, 0.15) is 0 Å². The van der Waals surface area contributed by atoms with Crippen LogP contribution in [-0.2, 0) is 0 Å². The Morgan fingerprint density at radius 1 is 1.06 bits per heavy atom. The Morgan fingerprint density at radius 2 is 1.65 bits per heavy atom. The van der Waals surface area contributed by atoms with Gasteiger partial charge in [-0.2, -0.15) is 0 Å². The van der Waals surface area contributed by atoms with Crippen LogP contribution in [-0.4, -0.2) is 49.1 Å². The predicted molar refractivity (Wildman–Crippen MR) is 71.9 cm³/mol. The number of likely N-dealkylation sites (N-methyl/N-ethyl adjacent to an activating group) is 1. The molecule has 1 aliphatic heterocycles. The van der Waals surface area contributed by atoms with Crippen molar-refractivity contribution in [1.29, 1.82) is 0 Å². The smallest absolute Gasteiger partial charge is 0.0497 e. The second-order valence-corrected chi connectivity index (χ2v) is 5.05. The van der Waals surface area contributed by atoms with Gasteiger partial charge in [0, 0.05) is 38.3 Å². The van der Waals surface area contributed by atoms with Crippen molar-refractivity contribution in [2.24, 2.45) is 5.73 Å². The molecule has 0 spiro atoms. The molecule has 94 valence electrons. The molecule has 3 nitrogen and oxygen atoms in total. The van der Waals surface area contributed by atoms with E-state index in [1.54, 1.807) is 0 Å². The van der Waals surface area contributed by atoms with Gasteiger partial charge < -0.3 is 10.6 Å². The Hall–Kier alpha value is -0.900. The van der Waals surface area contributed by atoms with E-state index in [-0.39, 0.29) is 6.04 Å². The molecular formula is C14H23N3. The van der Waals surface area contributed by atoms with Crippen molar-refractivity contribution in [3.8, 4) is 0 Å². The third kappa shape index (κ3) is 3.06. The molecule has 0 unspecified atom stereocenters. The summed E-state index contributed by atoms with van der Waals surface area (Å²) in [4.78, 5) is 4.89. The summed E-state index contributed by atoms with van der Waals surface area (Å²) in [6.07, 6.45) is 0. The average Bonchev–Trinajstić information content (AvgIpc) is 2.33. The van der Waals surface area contributed by atoms with Gasteiger partial charge in [0.2, 0.25) is 0 Å². The standard InChI is InChI=1S/C14H23N3/c1-12(15)14(13-6-4-3-5-7-13)17-10-8-16(2)9-11-17/h3-7,12,14H,8-11,15H2,1-2H3/t12-,14-/m1/s1. The molecule has 2 N–H and O–H groups in total. The van der Waals surface area contributed by atoms with Crippen LogP contribution in [0.2, 0.25) is 0 Å². The van der Waals surface area contributed by atoms with Crippen LogP contribution in [0.4, 0.5) is 0 Å². The lowest BCUT2D eigenvalue weighted by Gasteiger charge is -2.39. The van der Waals surface area contributed by atoms with Gasteiger partial charge in [-0.25, -0.2) is 0 Å². The largest absolute Gasteiger partial charge is 0.326 e. The van der Waals surface area contributed by atoms with Crippen LogP contribution >= 0.6 is 0 Å². The van der Waals surface area contributed by atoms with Gasteiger partial charge in [0.05, 0.1) is 0 Å². The molecule has 1 saturated heterocycles. The van der Waals surface area contributed by atoms with E-state index in [0.717, 1.165) is 26.2 Å². The maximum atomic E-state index is 6.18. The average molecular weight is 233 g/mol. The highest BCUT2D eigenvalue weighted by molar-refractivity contribution is 5.20. The summed E-state index contributed by atoms with van der Waals surface area (Å²) in [6, 6.07) is 11.2. The van der Waals surface area contributed by atoms with Crippen molar-refractivity contribution in [2.75, 3.05) is 33.2 Å². The Morgan fingerprint density at radius 3 is 2.18 bits per heavy atom. The normalized spacial score (nSPS) is 22.3. The maximum Gasteiger partial charge on any atom is 0.0497 e. The van der Waals surface area contributed by atoms with E-state index in [9.17, 15) is 0 Å². The van der Waals surface area contributed by atoms with Crippen LogP contribution < -0.4 is 5.73 Å². The highest BCUT2D eigenvalue weighted by atomic mass is 15.3. The first-order valence-corrected chi connectivity index (χ1v) is 6.41. The van der Waals surface area contributed by atoms with Gasteiger partial charge in [-0.3, -0.25) is 4.90 Å². The van der Waals surface area contributed by atoms with Crippen molar-refractivity contribution in [3.05, 3.63) is 35.9 Å². The zero-order valence-electron chi connectivity index (χ0n) is 10.8. The Labute approximate surface area is 104 Å². The van der Waals surface area contributed by atoms with E-state index in [4.69, 9.17) is 5.73 Å². The monoisotopic (exact) mass is 233 g/mol. The van der Waals surface area contributed by atoms with Crippen LogP contribution in [0.5, 0.6) is 0 Å². The first-order chi connectivity index (χ1) is 8.18. The summed E-state index contributed by atoms with van der Waals surface area (Å²) in [5.41, 5.74) is 7.52. The fourth-order valence-electron chi connectivity index (χ4n) is 2.60. The molecule has 2 rings (SSSR count). The van der Waals surface area contributed by atoms with Gasteiger partial charge in [-0.05, 0) is 19.5 Å². The SMILES string of the molecule is C[C@@H](N)[C@H](c1ccccc1)N1CCN(C)CC1. The topological polar surface area (TPSA) is 32.5 Å². The number of hydrogen-bond donors (Lipinski definition) is 1. The number of piperazine rings is 1. The van der Waals surface area contributed by atoms with Crippen molar-refractivity contribution < 1.29 is 0 Å². The molecule has 1 fully saturated rings. The minimum absolute atomic E-state index is 0.167. The molecule has 2 atom stereocenters. The zero-order chi connectivity index (χ0) is 12.3. The quantitative estimate of drug-likeness (QED) is 0.854. The van der Waals surface area contributed by atoms with E-state index >= 15 is 0 Å². The van der Waals surface area contributed by atoms with Crippen molar-refractivity contribution in [2.45, 2.75) is 19.0 Å². The van der Waals surface area contributed by atoms with Gasteiger partial charge in [0.15, 0.2) is 0 Å². The molecule has 1 aliphatic rings. The second-order valence-electron chi connectivity index (χ2n) is 5.05. The highest BCUT2D eigenvalue weighted by Gasteiger charge is 2.26. The minimum Gasteiger partial charge on any atom is -0.326 e. The Bertz CT molecular complexity index is 329. The third-order valence-corrected chi connectivity index (χ3v) is 3.57. The van der Waals surface area contributed by atoms with Crippen LogP contribution in [0.25, 0.3) is 0 Å². The second kappa shape index (κ2) is 5.63. The molecule has 1 heterocycles.